The third kappa shape index (κ3) is 1.48. The molecule has 1 fully saturated rings. The summed E-state index contributed by atoms with van der Waals surface area (Å²) >= 11 is 0. The van der Waals surface area contributed by atoms with E-state index in [0.29, 0.717) is 4.48 Å². The summed E-state index contributed by atoms with van der Waals surface area (Å²) in [7, 11) is 5.83. The molecule has 1 aliphatic carbocycles. The maximum absolute atomic E-state index is 10.8. The lowest BCUT2D eigenvalue weighted by Gasteiger charge is -2.47. The number of carboxylic acid groups (broad SMARTS) is 2. The van der Waals surface area contributed by atoms with Gasteiger partial charge in [-0.05, 0) is 0 Å². The molecule has 0 aliphatic heterocycles. The highest BCUT2D eigenvalue weighted by Gasteiger charge is 2.61. The molecule has 0 aromatic rings. The average molecular weight is 202 g/mol. The van der Waals surface area contributed by atoms with Crippen LogP contribution in [0.1, 0.15) is 12.8 Å². The molecule has 5 heteroatoms. The fourth-order valence-electron chi connectivity index (χ4n) is 1.73. The van der Waals surface area contributed by atoms with Gasteiger partial charge in [0.05, 0.1) is 27.2 Å². The van der Waals surface area contributed by atoms with Gasteiger partial charge in [-0.3, -0.25) is 9.59 Å². The Kier molecular flexibility index (Phi) is 2.31. The van der Waals surface area contributed by atoms with E-state index in [9.17, 15) is 9.59 Å². The SMILES string of the molecule is C[N+](C)(C)C1CC(C(=O)O)(C(=O)O)C1. The first kappa shape index (κ1) is 11.0. The number of aliphatic carboxylic acids is 2. The zero-order chi connectivity index (χ0) is 11.1. The number of rotatable bonds is 3. The highest BCUT2D eigenvalue weighted by atomic mass is 16.4. The molecular formula is C9H16NO4+. The van der Waals surface area contributed by atoms with Crippen LogP contribution in [0.4, 0.5) is 0 Å². The smallest absolute Gasteiger partial charge is 0.321 e. The van der Waals surface area contributed by atoms with E-state index in [4.69, 9.17) is 10.2 Å². The molecule has 0 bridgehead atoms. The topological polar surface area (TPSA) is 74.6 Å². The largest absolute Gasteiger partial charge is 0.480 e. The highest BCUT2D eigenvalue weighted by molar-refractivity contribution is 5.99. The van der Waals surface area contributed by atoms with Crippen molar-refractivity contribution < 1.29 is 24.3 Å². The standard InChI is InChI=1S/C9H15NO4/c1-10(2,3)6-4-9(5-6,7(11)12)8(13)14/h6H,4-5H2,1-3H3,(H-,11,12,13,14)/p+1. The van der Waals surface area contributed by atoms with Crippen LogP contribution in [-0.4, -0.2) is 53.8 Å². The third-order valence-electron chi connectivity index (χ3n) is 3.08. The van der Waals surface area contributed by atoms with Crippen molar-refractivity contribution in [3.63, 3.8) is 0 Å². The zero-order valence-corrected chi connectivity index (χ0v) is 8.65. The molecule has 14 heavy (non-hydrogen) atoms. The summed E-state index contributed by atoms with van der Waals surface area (Å²) < 4.78 is 0.613. The molecule has 0 atom stereocenters. The third-order valence-corrected chi connectivity index (χ3v) is 3.08. The second-order valence-corrected chi connectivity index (χ2v) is 4.87. The van der Waals surface area contributed by atoms with Gasteiger partial charge in [-0.2, -0.15) is 0 Å². The number of hydrogen-bond donors (Lipinski definition) is 2. The Hall–Kier alpha value is -1.10. The fourth-order valence-corrected chi connectivity index (χ4v) is 1.73. The normalized spacial score (nSPS) is 21.4. The maximum atomic E-state index is 10.8. The molecule has 2 N–H and O–H groups in total. The molecule has 1 rings (SSSR count). The summed E-state index contributed by atoms with van der Waals surface area (Å²) in [5.41, 5.74) is -1.53. The fraction of sp³-hybridized carbons (Fsp3) is 0.778. The van der Waals surface area contributed by atoms with Gasteiger partial charge in [0, 0.05) is 12.8 Å². The van der Waals surface area contributed by atoms with Gasteiger partial charge in [0.15, 0.2) is 5.41 Å². The second-order valence-electron chi connectivity index (χ2n) is 4.87. The van der Waals surface area contributed by atoms with E-state index in [1.54, 1.807) is 0 Å². The molecule has 80 valence electrons. The number of carbonyl (C=O) groups is 2. The van der Waals surface area contributed by atoms with Crippen molar-refractivity contribution in [3.05, 3.63) is 0 Å². The van der Waals surface area contributed by atoms with Gasteiger partial charge in [0.2, 0.25) is 0 Å². The molecule has 1 saturated carbocycles. The zero-order valence-electron chi connectivity index (χ0n) is 8.65. The Morgan fingerprint density at radius 2 is 1.50 bits per heavy atom. The first-order valence-corrected chi connectivity index (χ1v) is 4.48. The summed E-state index contributed by atoms with van der Waals surface area (Å²) in [5, 5.41) is 17.7. The van der Waals surface area contributed by atoms with Crippen LogP contribution in [0.15, 0.2) is 0 Å². The lowest BCUT2D eigenvalue weighted by molar-refractivity contribution is -0.904. The van der Waals surface area contributed by atoms with Crippen molar-refractivity contribution in [1.82, 2.24) is 0 Å². The van der Waals surface area contributed by atoms with Crippen LogP contribution in [0.3, 0.4) is 0 Å². The monoisotopic (exact) mass is 202 g/mol. The number of quaternary nitrogens is 1. The van der Waals surface area contributed by atoms with Gasteiger partial charge in [-0.15, -0.1) is 0 Å². The van der Waals surface area contributed by atoms with Crippen molar-refractivity contribution >= 4 is 11.9 Å². The minimum Gasteiger partial charge on any atom is -0.480 e. The first-order chi connectivity index (χ1) is 6.20. The molecule has 1 aliphatic rings. The number of carboxylic acids is 2. The van der Waals surface area contributed by atoms with Gasteiger partial charge < -0.3 is 14.7 Å². The number of hydrogen-bond acceptors (Lipinski definition) is 2. The van der Waals surface area contributed by atoms with Crippen LogP contribution in [0.25, 0.3) is 0 Å². The van der Waals surface area contributed by atoms with E-state index in [-0.39, 0.29) is 18.9 Å². The van der Waals surface area contributed by atoms with Gasteiger partial charge in [0.1, 0.15) is 0 Å². The average Bonchev–Trinajstić information content (AvgIpc) is 1.77. The molecule has 0 amide bonds. The predicted molar refractivity (Wildman–Crippen MR) is 48.8 cm³/mol. The van der Waals surface area contributed by atoms with Gasteiger partial charge in [-0.1, -0.05) is 0 Å². The summed E-state index contributed by atoms with van der Waals surface area (Å²) in [5.74, 6) is -2.43. The molecule has 0 saturated heterocycles. The van der Waals surface area contributed by atoms with E-state index in [2.05, 4.69) is 0 Å². The van der Waals surface area contributed by atoms with Crippen LogP contribution >= 0.6 is 0 Å². The highest BCUT2D eigenvalue weighted by Crippen LogP contribution is 2.45. The van der Waals surface area contributed by atoms with Crippen molar-refractivity contribution in [2.75, 3.05) is 21.1 Å². The Morgan fingerprint density at radius 1 is 1.14 bits per heavy atom. The first-order valence-electron chi connectivity index (χ1n) is 4.48. The molecule has 0 aromatic carbocycles. The van der Waals surface area contributed by atoms with E-state index >= 15 is 0 Å². The predicted octanol–water partition coefficient (Wildman–Crippen LogP) is 0.0106. The summed E-state index contributed by atoms with van der Waals surface area (Å²) in [6.45, 7) is 0. The Labute approximate surface area is 82.5 Å². The van der Waals surface area contributed by atoms with Crippen molar-refractivity contribution in [3.8, 4) is 0 Å². The van der Waals surface area contributed by atoms with E-state index in [1.165, 1.54) is 0 Å². The Morgan fingerprint density at radius 3 is 1.71 bits per heavy atom. The van der Waals surface area contributed by atoms with Crippen LogP contribution in [0, 0.1) is 5.41 Å². The summed E-state index contributed by atoms with van der Waals surface area (Å²) in [6, 6.07) is 0.127. The maximum Gasteiger partial charge on any atom is 0.321 e. The number of nitrogens with zero attached hydrogens (tertiary/aromatic N) is 1. The molecule has 0 heterocycles. The van der Waals surface area contributed by atoms with E-state index in [0.717, 1.165) is 0 Å². The van der Waals surface area contributed by atoms with Crippen LogP contribution < -0.4 is 0 Å². The van der Waals surface area contributed by atoms with Crippen LogP contribution in [-0.2, 0) is 9.59 Å². The summed E-state index contributed by atoms with van der Waals surface area (Å²) in [4.78, 5) is 21.7. The van der Waals surface area contributed by atoms with Crippen molar-refractivity contribution in [2.24, 2.45) is 5.41 Å². The molecular weight excluding hydrogens is 186 g/mol. The van der Waals surface area contributed by atoms with Crippen molar-refractivity contribution in [1.29, 1.82) is 0 Å². The minimum absolute atomic E-state index is 0.127. The molecule has 0 aromatic heterocycles. The van der Waals surface area contributed by atoms with E-state index in [1.807, 2.05) is 21.1 Å². The lowest BCUT2D eigenvalue weighted by Crippen LogP contribution is -2.62. The summed E-state index contributed by atoms with van der Waals surface area (Å²) in [6.07, 6.45) is 0.447. The van der Waals surface area contributed by atoms with Crippen LogP contribution in [0.5, 0.6) is 0 Å². The van der Waals surface area contributed by atoms with Crippen LogP contribution in [0.2, 0.25) is 0 Å². The molecule has 0 unspecified atom stereocenters. The Bertz CT molecular complexity index is 257. The quantitative estimate of drug-likeness (QED) is 0.499. The molecule has 0 radical (unpaired) electrons. The molecule has 0 spiro atoms. The van der Waals surface area contributed by atoms with Gasteiger partial charge in [-0.25, -0.2) is 0 Å². The second kappa shape index (κ2) is 2.95. The lowest BCUT2D eigenvalue weighted by atomic mass is 9.64. The van der Waals surface area contributed by atoms with Crippen molar-refractivity contribution in [2.45, 2.75) is 18.9 Å². The van der Waals surface area contributed by atoms with E-state index < -0.39 is 17.4 Å². The minimum atomic E-state index is -1.53. The molecule has 5 nitrogen and oxygen atoms in total. The van der Waals surface area contributed by atoms with Gasteiger partial charge >= 0.3 is 11.9 Å². The van der Waals surface area contributed by atoms with Gasteiger partial charge in [0.25, 0.3) is 0 Å². The Balaban J connectivity index is 2.76.